The average molecular weight is 258 g/mol. The molecule has 0 saturated carbocycles. The lowest BCUT2D eigenvalue weighted by atomic mass is 10.1. The molecule has 0 aliphatic carbocycles. The van der Waals surface area contributed by atoms with Crippen LogP contribution in [0.1, 0.15) is 24.4 Å². The second kappa shape index (κ2) is 5.56. The Hall–Kier alpha value is -2.30. The first-order chi connectivity index (χ1) is 9.08. The van der Waals surface area contributed by atoms with E-state index in [2.05, 4.69) is 22.2 Å². The van der Waals surface area contributed by atoms with Crippen LogP contribution in [0.3, 0.4) is 0 Å². The second-order valence-corrected chi connectivity index (χ2v) is 4.38. The Morgan fingerprint density at radius 2 is 2.05 bits per heavy atom. The fourth-order valence-corrected chi connectivity index (χ4v) is 1.85. The van der Waals surface area contributed by atoms with Crippen LogP contribution in [-0.4, -0.2) is 17.1 Å². The molecule has 0 radical (unpaired) electrons. The number of nitrogen functional groups attached to an aromatic ring is 1. The molecule has 5 nitrogen and oxygen atoms in total. The molecule has 0 bridgehead atoms. The number of rotatable bonds is 4. The summed E-state index contributed by atoms with van der Waals surface area (Å²) in [6, 6.07) is 9.66. The van der Waals surface area contributed by atoms with Gasteiger partial charge < -0.3 is 15.8 Å². The summed E-state index contributed by atoms with van der Waals surface area (Å²) in [5, 5.41) is 3.31. The molecule has 0 fully saturated rings. The van der Waals surface area contributed by atoms with Gasteiger partial charge >= 0.3 is 0 Å². The molecule has 0 saturated heterocycles. The minimum absolute atomic E-state index is 0.0995. The van der Waals surface area contributed by atoms with Crippen LogP contribution in [0, 0.1) is 6.92 Å². The maximum absolute atomic E-state index is 5.79. The Bertz CT molecular complexity index is 571. The van der Waals surface area contributed by atoms with Crippen molar-refractivity contribution in [3.8, 4) is 5.88 Å². The first kappa shape index (κ1) is 13.1. The maximum Gasteiger partial charge on any atom is 0.218 e. The molecule has 2 rings (SSSR count). The number of hydrogen-bond acceptors (Lipinski definition) is 5. The standard InChI is InChI=1S/C14H18N4O/c1-9(11-5-4-6-12(15)7-11)16-13-8-14(19-3)18-10(2)17-13/h4-9H,15H2,1-3H3,(H,16,17,18). The zero-order chi connectivity index (χ0) is 13.8. The fraction of sp³-hybridized carbons (Fsp3) is 0.286. The Morgan fingerprint density at radius 1 is 1.26 bits per heavy atom. The third-order valence-corrected chi connectivity index (χ3v) is 2.80. The van der Waals surface area contributed by atoms with Crippen LogP contribution in [-0.2, 0) is 0 Å². The average Bonchev–Trinajstić information content (AvgIpc) is 2.38. The van der Waals surface area contributed by atoms with Crippen LogP contribution in [0.2, 0.25) is 0 Å². The zero-order valence-electron chi connectivity index (χ0n) is 11.3. The summed E-state index contributed by atoms with van der Waals surface area (Å²) in [5.74, 6) is 1.95. The number of benzene rings is 1. The smallest absolute Gasteiger partial charge is 0.218 e. The highest BCUT2D eigenvalue weighted by molar-refractivity contribution is 5.45. The largest absolute Gasteiger partial charge is 0.481 e. The number of aromatic nitrogens is 2. The van der Waals surface area contributed by atoms with Crippen LogP contribution < -0.4 is 15.8 Å². The SMILES string of the molecule is COc1cc(NC(C)c2cccc(N)c2)nc(C)n1. The molecule has 0 amide bonds. The first-order valence-electron chi connectivity index (χ1n) is 6.10. The number of nitrogens with two attached hydrogens (primary N) is 1. The van der Waals surface area contributed by atoms with Crippen molar-refractivity contribution in [2.45, 2.75) is 19.9 Å². The molecule has 1 aromatic carbocycles. The minimum atomic E-state index is 0.0995. The molecule has 100 valence electrons. The van der Waals surface area contributed by atoms with Gasteiger partial charge in [0.15, 0.2) is 0 Å². The van der Waals surface area contributed by atoms with E-state index in [0.717, 1.165) is 17.1 Å². The van der Waals surface area contributed by atoms with Gasteiger partial charge in [0.2, 0.25) is 5.88 Å². The van der Waals surface area contributed by atoms with E-state index in [-0.39, 0.29) is 6.04 Å². The maximum atomic E-state index is 5.79. The molecule has 1 atom stereocenters. The highest BCUT2D eigenvalue weighted by Crippen LogP contribution is 2.21. The van der Waals surface area contributed by atoms with E-state index in [4.69, 9.17) is 10.5 Å². The molecule has 5 heteroatoms. The quantitative estimate of drug-likeness (QED) is 0.824. The van der Waals surface area contributed by atoms with Crippen molar-refractivity contribution in [3.63, 3.8) is 0 Å². The highest BCUT2D eigenvalue weighted by Gasteiger charge is 2.08. The topological polar surface area (TPSA) is 73.1 Å². The van der Waals surface area contributed by atoms with Crippen molar-refractivity contribution in [2.75, 3.05) is 18.2 Å². The summed E-state index contributed by atoms with van der Waals surface area (Å²) >= 11 is 0. The van der Waals surface area contributed by atoms with Gasteiger partial charge in [-0.2, -0.15) is 4.98 Å². The Morgan fingerprint density at radius 3 is 2.74 bits per heavy atom. The minimum Gasteiger partial charge on any atom is -0.481 e. The molecular formula is C14H18N4O. The summed E-state index contributed by atoms with van der Waals surface area (Å²) < 4.78 is 5.13. The molecular weight excluding hydrogens is 240 g/mol. The van der Waals surface area contributed by atoms with E-state index in [9.17, 15) is 0 Å². The summed E-state index contributed by atoms with van der Waals surface area (Å²) in [5.41, 5.74) is 7.65. The zero-order valence-corrected chi connectivity index (χ0v) is 11.3. The number of hydrogen-bond donors (Lipinski definition) is 2. The van der Waals surface area contributed by atoms with Gasteiger partial charge in [0.1, 0.15) is 11.6 Å². The highest BCUT2D eigenvalue weighted by atomic mass is 16.5. The number of nitrogens with zero attached hydrogens (tertiary/aromatic N) is 2. The molecule has 2 aromatic rings. The Balaban J connectivity index is 2.18. The monoisotopic (exact) mass is 258 g/mol. The van der Waals surface area contributed by atoms with Crippen molar-refractivity contribution in [1.82, 2.24) is 9.97 Å². The fourth-order valence-electron chi connectivity index (χ4n) is 1.85. The van der Waals surface area contributed by atoms with Crippen LogP contribution in [0.15, 0.2) is 30.3 Å². The summed E-state index contributed by atoms with van der Waals surface area (Å²) in [4.78, 5) is 8.49. The van der Waals surface area contributed by atoms with Crippen molar-refractivity contribution in [1.29, 1.82) is 0 Å². The third kappa shape index (κ3) is 3.34. The van der Waals surface area contributed by atoms with E-state index in [1.165, 1.54) is 0 Å². The number of ether oxygens (including phenoxy) is 1. The summed E-state index contributed by atoms with van der Waals surface area (Å²) in [7, 11) is 1.59. The van der Waals surface area contributed by atoms with Gasteiger partial charge in [-0.3, -0.25) is 0 Å². The second-order valence-electron chi connectivity index (χ2n) is 4.38. The normalized spacial score (nSPS) is 11.9. The molecule has 1 unspecified atom stereocenters. The number of methoxy groups -OCH3 is 1. The number of nitrogens with one attached hydrogen (secondary N) is 1. The predicted octanol–water partition coefficient (Wildman–Crippen LogP) is 2.55. The van der Waals surface area contributed by atoms with E-state index < -0.39 is 0 Å². The summed E-state index contributed by atoms with van der Waals surface area (Å²) in [6.45, 7) is 3.89. The molecule has 3 N–H and O–H groups in total. The van der Waals surface area contributed by atoms with Crippen LogP contribution in [0.5, 0.6) is 5.88 Å². The summed E-state index contributed by atoms with van der Waals surface area (Å²) in [6.07, 6.45) is 0. The third-order valence-electron chi connectivity index (χ3n) is 2.80. The van der Waals surface area contributed by atoms with Crippen molar-refractivity contribution in [2.24, 2.45) is 0 Å². The molecule has 1 heterocycles. The van der Waals surface area contributed by atoms with E-state index in [0.29, 0.717) is 11.7 Å². The molecule has 19 heavy (non-hydrogen) atoms. The Labute approximate surface area is 112 Å². The van der Waals surface area contributed by atoms with Crippen molar-refractivity contribution < 1.29 is 4.74 Å². The molecule has 0 spiro atoms. The van der Waals surface area contributed by atoms with Gasteiger partial charge in [0.05, 0.1) is 13.2 Å². The van der Waals surface area contributed by atoms with Crippen LogP contribution in [0.25, 0.3) is 0 Å². The van der Waals surface area contributed by atoms with Crippen molar-refractivity contribution in [3.05, 3.63) is 41.7 Å². The molecule has 1 aromatic heterocycles. The Kier molecular flexibility index (Phi) is 3.85. The first-order valence-corrected chi connectivity index (χ1v) is 6.10. The van der Waals surface area contributed by atoms with E-state index in [1.54, 1.807) is 13.2 Å². The van der Waals surface area contributed by atoms with Gasteiger partial charge in [-0.25, -0.2) is 4.98 Å². The molecule has 0 aliphatic rings. The molecule has 0 aliphatic heterocycles. The lowest BCUT2D eigenvalue weighted by molar-refractivity contribution is 0.396. The van der Waals surface area contributed by atoms with Crippen molar-refractivity contribution >= 4 is 11.5 Å². The van der Waals surface area contributed by atoms with Gasteiger partial charge in [0, 0.05) is 11.8 Å². The van der Waals surface area contributed by atoms with Gasteiger partial charge in [-0.1, -0.05) is 12.1 Å². The van der Waals surface area contributed by atoms with Gasteiger partial charge in [-0.15, -0.1) is 0 Å². The van der Waals surface area contributed by atoms with E-state index >= 15 is 0 Å². The lowest BCUT2D eigenvalue weighted by Gasteiger charge is -2.16. The van der Waals surface area contributed by atoms with E-state index in [1.807, 2.05) is 31.2 Å². The predicted molar refractivity (Wildman–Crippen MR) is 76.2 cm³/mol. The number of aryl methyl sites for hydroxylation is 1. The van der Waals surface area contributed by atoms with Gasteiger partial charge in [0.25, 0.3) is 0 Å². The van der Waals surface area contributed by atoms with Crippen LogP contribution >= 0.6 is 0 Å². The van der Waals surface area contributed by atoms with Crippen LogP contribution in [0.4, 0.5) is 11.5 Å². The lowest BCUT2D eigenvalue weighted by Crippen LogP contribution is -2.09. The van der Waals surface area contributed by atoms with Gasteiger partial charge in [-0.05, 0) is 31.5 Å². The number of anilines is 2.